The number of pyridine rings is 1. The Labute approximate surface area is 219 Å². The lowest BCUT2D eigenvalue weighted by atomic mass is 9.85. The van der Waals surface area contributed by atoms with Crippen LogP contribution in [0.5, 0.6) is 0 Å². The number of fused-ring (bicyclic) bond motifs is 1. The first kappa shape index (κ1) is 25.7. The van der Waals surface area contributed by atoms with Crippen molar-refractivity contribution in [3.05, 3.63) is 77.5 Å². The van der Waals surface area contributed by atoms with Gasteiger partial charge in [0.1, 0.15) is 17.5 Å². The summed E-state index contributed by atoms with van der Waals surface area (Å²) in [6, 6.07) is 9.24. The molecule has 0 saturated carbocycles. The molecule has 0 aliphatic carbocycles. The molecule has 0 bridgehead atoms. The van der Waals surface area contributed by atoms with Gasteiger partial charge in [-0.3, -0.25) is 4.98 Å². The summed E-state index contributed by atoms with van der Waals surface area (Å²) < 4.78 is 31.8. The number of nitriles is 1. The van der Waals surface area contributed by atoms with Crippen LogP contribution in [0.25, 0.3) is 16.8 Å². The number of halogens is 2. The minimum Gasteiger partial charge on any atom is -0.391 e. The van der Waals surface area contributed by atoms with Crippen LogP contribution in [0.3, 0.4) is 0 Å². The van der Waals surface area contributed by atoms with Crippen molar-refractivity contribution >= 4 is 11.2 Å². The molecule has 1 aliphatic heterocycles. The van der Waals surface area contributed by atoms with Crippen molar-refractivity contribution in [2.75, 3.05) is 18.0 Å². The zero-order valence-electron chi connectivity index (χ0n) is 21.4. The van der Waals surface area contributed by atoms with Gasteiger partial charge in [-0.25, -0.2) is 18.3 Å². The summed E-state index contributed by atoms with van der Waals surface area (Å²) in [4.78, 5) is 11.0. The molecule has 3 atom stereocenters. The van der Waals surface area contributed by atoms with Gasteiger partial charge in [0.15, 0.2) is 0 Å². The summed E-state index contributed by atoms with van der Waals surface area (Å²) in [5, 5.41) is 24.2. The number of nitrogens with two attached hydrogens (primary N) is 1. The maximum Gasteiger partial charge on any atom is 0.135 e. The van der Waals surface area contributed by atoms with Gasteiger partial charge in [-0.2, -0.15) is 10.4 Å². The van der Waals surface area contributed by atoms with Crippen molar-refractivity contribution in [2.45, 2.75) is 44.8 Å². The number of hydrogen-bond acceptors (Lipinski definition) is 7. The number of piperidine rings is 1. The van der Waals surface area contributed by atoms with Gasteiger partial charge >= 0.3 is 0 Å². The number of anilines is 1. The smallest absolute Gasteiger partial charge is 0.135 e. The van der Waals surface area contributed by atoms with Crippen molar-refractivity contribution in [3.63, 3.8) is 0 Å². The second-order valence-electron chi connectivity index (χ2n) is 10.5. The predicted molar refractivity (Wildman–Crippen MR) is 139 cm³/mol. The maximum absolute atomic E-state index is 15.1. The number of aliphatic hydroxyl groups is 1. The van der Waals surface area contributed by atoms with Crippen molar-refractivity contribution in [1.82, 2.24) is 19.6 Å². The zero-order valence-corrected chi connectivity index (χ0v) is 21.4. The molecule has 0 radical (unpaired) electrons. The Morgan fingerprint density at radius 2 is 1.89 bits per heavy atom. The highest BCUT2D eigenvalue weighted by Crippen LogP contribution is 2.32. The van der Waals surface area contributed by atoms with E-state index in [2.05, 4.69) is 26.0 Å². The van der Waals surface area contributed by atoms with Crippen molar-refractivity contribution < 1.29 is 13.9 Å². The molecule has 0 spiro atoms. The van der Waals surface area contributed by atoms with Gasteiger partial charge < -0.3 is 15.7 Å². The Balaban J connectivity index is 1.51. The highest BCUT2D eigenvalue weighted by Gasteiger charge is 2.32. The zero-order chi connectivity index (χ0) is 27.2. The van der Waals surface area contributed by atoms with E-state index >= 15 is 8.78 Å². The molecular weight excluding hydrogens is 488 g/mol. The molecule has 1 fully saturated rings. The fraction of sp³-hybridized carbons (Fsp3) is 0.357. The third-order valence-corrected chi connectivity index (χ3v) is 7.28. The first-order chi connectivity index (χ1) is 18.1. The SMILES string of the molecule is C[C@H]1CN(c2ccncc2Cc2ncc3ccc(-c4c(F)cc(C(C)(C)C#N)cc4F)nn23)C[C@@H](N)[C@@H]1O. The summed E-state index contributed by atoms with van der Waals surface area (Å²) in [5.74, 6) is -0.993. The molecule has 0 amide bonds. The topological polar surface area (TPSA) is 116 Å². The molecule has 0 unspecified atom stereocenters. The van der Waals surface area contributed by atoms with Crippen LogP contribution in [-0.2, 0) is 11.8 Å². The van der Waals surface area contributed by atoms with Crippen LogP contribution < -0.4 is 10.6 Å². The van der Waals surface area contributed by atoms with Gasteiger partial charge in [0.25, 0.3) is 0 Å². The van der Waals surface area contributed by atoms with Crippen LogP contribution in [0.15, 0.2) is 48.9 Å². The number of aromatic nitrogens is 4. The Morgan fingerprint density at radius 1 is 1.16 bits per heavy atom. The molecule has 1 aromatic carbocycles. The van der Waals surface area contributed by atoms with E-state index in [1.54, 1.807) is 49.1 Å². The number of benzene rings is 1. The van der Waals surface area contributed by atoms with Crippen molar-refractivity contribution in [2.24, 2.45) is 11.7 Å². The molecule has 4 aromatic rings. The summed E-state index contributed by atoms with van der Waals surface area (Å²) >= 11 is 0. The van der Waals surface area contributed by atoms with Crippen molar-refractivity contribution in [1.29, 1.82) is 5.26 Å². The van der Waals surface area contributed by atoms with Gasteiger partial charge in [-0.1, -0.05) is 6.92 Å². The van der Waals surface area contributed by atoms with E-state index in [0.717, 1.165) is 11.3 Å². The van der Waals surface area contributed by atoms with Gasteiger partial charge in [0.05, 0.1) is 40.6 Å². The van der Waals surface area contributed by atoms with Crippen LogP contribution >= 0.6 is 0 Å². The molecule has 3 aromatic heterocycles. The van der Waals surface area contributed by atoms with Crippen molar-refractivity contribution in [3.8, 4) is 17.3 Å². The van der Waals surface area contributed by atoms with Crippen LogP contribution in [0.1, 0.15) is 37.7 Å². The number of imidazole rings is 1. The minimum atomic E-state index is -1.04. The predicted octanol–water partition coefficient (Wildman–Crippen LogP) is 3.61. The molecule has 1 aliphatic rings. The molecule has 38 heavy (non-hydrogen) atoms. The van der Waals surface area contributed by atoms with Gasteiger partial charge in [-0.05, 0) is 49.7 Å². The van der Waals surface area contributed by atoms with E-state index in [1.807, 2.05) is 13.0 Å². The third-order valence-electron chi connectivity index (χ3n) is 7.28. The number of aliphatic hydroxyl groups excluding tert-OH is 1. The highest BCUT2D eigenvalue weighted by atomic mass is 19.1. The highest BCUT2D eigenvalue weighted by molar-refractivity contribution is 5.64. The number of hydrogen-bond donors (Lipinski definition) is 2. The van der Waals surface area contributed by atoms with E-state index < -0.39 is 23.2 Å². The quantitative estimate of drug-likeness (QED) is 0.415. The second-order valence-corrected chi connectivity index (χ2v) is 10.5. The fourth-order valence-corrected chi connectivity index (χ4v) is 4.98. The molecule has 3 N–H and O–H groups in total. The summed E-state index contributed by atoms with van der Waals surface area (Å²) in [7, 11) is 0. The Kier molecular flexibility index (Phi) is 6.59. The summed E-state index contributed by atoms with van der Waals surface area (Å²) in [6.45, 7) is 6.33. The van der Waals surface area contributed by atoms with Crippen LogP contribution in [0.4, 0.5) is 14.5 Å². The molecular formula is C28H29F2N7O. The van der Waals surface area contributed by atoms with E-state index in [9.17, 15) is 10.4 Å². The van der Waals surface area contributed by atoms with Crippen LogP contribution in [0.2, 0.25) is 0 Å². The molecule has 1 saturated heterocycles. The standard InChI is InChI=1S/C28H29F2N7O/c1-16-13-36(14-22(32)27(16)38)24-6-7-33-11-17(24)8-25-34-12-19-4-5-23(35-37(19)25)26-20(29)9-18(10-21(26)30)28(2,3)15-31/h4-7,9-12,16,22,27,38H,8,13-14,32H2,1-3H3/t16-,22+,27+/m0/s1. The molecule has 8 nitrogen and oxygen atoms in total. The van der Waals surface area contributed by atoms with E-state index in [0.29, 0.717) is 30.9 Å². The van der Waals surface area contributed by atoms with E-state index in [4.69, 9.17) is 5.73 Å². The minimum absolute atomic E-state index is 0.00570. The first-order valence-electron chi connectivity index (χ1n) is 12.5. The average Bonchev–Trinajstić information content (AvgIpc) is 3.29. The normalized spacial score (nSPS) is 20.1. The Hall–Kier alpha value is -3.94. The summed E-state index contributed by atoms with van der Waals surface area (Å²) in [5.41, 5.74) is 7.76. The van der Waals surface area contributed by atoms with Gasteiger partial charge in [0, 0.05) is 55.1 Å². The van der Waals surface area contributed by atoms with Crippen LogP contribution in [-0.4, -0.2) is 49.9 Å². The molecule has 5 rings (SSSR count). The monoisotopic (exact) mass is 517 g/mol. The first-order valence-corrected chi connectivity index (χ1v) is 12.5. The average molecular weight is 518 g/mol. The number of rotatable bonds is 5. The summed E-state index contributed by atoms with van der Waals surface area (Å²) in [6.07, 6.45) is 4.94. The fourth-order valence-electron chi connectivity index (χ4n) is 4.98. The second kappa shape index (κ2) is 9.74. The lowest BCUT2D eigenvalue weighted by molar-refractivity contribution is 0.0784. The maximum atomic E-state index is 15.1. The molecule has 4 heterocycles. The van der Waals surface area contributed by atoms with E-state index in [-0.39, 0.29) is 28.8 Å². The van der Waals surface area contributed by atoms with Crippen LogP contribution in [0, 0.1) is 28.9 Å². The Morgan fingerprint density at radius 3 is 2.58 bits per heavy atom. The third kappa shape index (κ3) is 4.59. The molecule has 196 valence electrons. The number of nitrogens with zero attached hydrogens (tertiary/aromatic N) is 6. The largest absolute Gasteiger partial charge is 0.391 e. The van der Waals surface area contributed by atoms with Gasteiger partial charge in [-0.15, -0.1) is 0 Å². The lowest BCUT2D eigenvalue weighted by Crippen LogP contribution is -2.55. The molecule has 10 heteroatoms. The van der Waals surface area contributed by atoms with E-state index in [1.165, 1.54) is 12.1 Å². The van der Waals surface area contributed by atoms with Gasteiger partial charge in [0.2, 0.25) is 0 Å². The Bertz CT molecular complexity index is 1510. The lowest BCUT2D eigenvalue weighted by Gasteiger charge is -2.40.